The highest BCUT2D eigenvalue weighted by atomic mass is 32.2. The number of nitrogens with one attached hydrogen (secondary N) is 1. The van der Waals surface area contributed by atoms with E-state index in [4.69, 9.17) is 5.11 Å². The number of para-hydroxylation sites is 1. The summed E-state index contributed by atoms with van der Waals surface area (Å²) in [6, 6.07) is 6.98. The topological polar surface area (TPSA) is 79.3 Å². The minimum absolute atomic E-state index is 0.0600. The number of aliphatic hydroxyl groups excluding tert-OH is 1. The molecule has 0 aliphatic heterocycles. The molecule has 1 heterocycles. The average molecular weight is 294 g/mol. The number of benzene rings is 1. The molecule has 108 valence electrons. The van der Waals surface area contributed by atoms with Crippen LogP contribution in [0.25, 0.3) is 10.9 Å². The van der Waals surface area contributed by atoms with Crippen molar-refractivity contribution in [2.45, 2.75) is 18.7 Å². The van der Waals surface area contributed by atoms with Gasteiger partial charge in [-0.3, -0.25) is 4.98 Å². The van der Waals surface area contributed by atoms with E-state index in [9.17, 15) is 8.42 Å². The van der Waals surface area contributed by atoms with Crippen LogP contribution in [0.4, 0.5) is 0 Å². The highest BCUT2D eigenvalue weighted by Gasteiger charge is 2.18. The van der Waals surface area contributed by atoms with E-state index < -0.39 is 10.0 Å². The van der Waals surface area contributed by atoms with Gasteiger partial charge >= 0.3 is 0 Å². The van der Waals surface area contributed by atoms with E-state index in [2.05, 4.69) is 9.71 Å². The second-order valence-electron chi connectivity index (χ2n) is 4.98. The van der Waals surface area contributed by atoms with Crippen LogP contribution in [0.3, 0.4) is 0 Å². The van der Waals surface area contributed by atoms with Gasteiger partial charge in [-0.05, 0) is 30.5 Å². The molecule has 0 aliphatic rings. The van der Waals surface area contributed by atoms with Crippen LogP contribution in [-0.4, -0.2) is 31.7 Å². The average Bonchev–Trinajstić information content (AvgIpc) is 2.43. The van der Waals surface area contributed by atoms with Crippen molar-refractivity contribution < 1.29 is 13.5 Å². The Hall–Kier alpha value is -1.50. The molecule has 2 aromatic rings. The van der Waals surface area contributed by atoms with Gasteiger partial charge in [0.1, 0.15) is 4.90 Å². The zero-order chi connectivity index (χ0) is 14.8. The van der Waals surface area contributed by atoms with Gasteiger partial charge in [-0.25, -0.2) is 13.1 Å². The van der Waals surface area contributed by atoms with Crippen molar-refractivity contribution in [3.63, 3.8) is 0 Å². The Kier molecular flexibility index (Phi) is 4.37. The third-order valence-electron chi connectivity index (χ3n) is 3.03. The summed E-state index contributed by atoms with van der Waals surface area (Å²) in [7, 11) is -3.63. The van der Waals surface area contributed by atoms with Crippen LogP contribution in [0.1, 0.15) is 12.5 Å². The Morgan fingerprint density at radius 1 is 1.40 bits per heavy atom. The van der Waals surface area contributed by atoms with Gasteiger partial charge in [0.15, 0.2) is 0 Å². The fourth-order valence-electron chi connectivity index (χ4n) is 1.85. The molecule has 5 nitrogen and oxygen atoms in total. The fraction of sp³-hybridized carbons (Fsp3) is 0.357. The second kappa shape index (κ2) is 5.87. The van der Waals surface area contributed by atoms with Crippen molar-refractivity contribution in [3.05, 3.63) is 36.0 Å². The van der Waals surface area contributed by atoms with Crippen LogP contribution in [0.15, 0.2) is 35.4 Å². The third kappa shape index (κ3) is 3.15. The van der Waals surface area contributed by atoms with E-state index in [1.165, 1.54) is 6.07 Å². The highest BCUT2D eigenvalue weighted by Crippen LogP contribution is 2.21. The van der Waals surface area contributed by atoms with Crippen molar-refractivity contribution in [1.82, 2.24) is 9.71 Å². The van der Waals surface area contributed by atoms with E-state index in [1.54, 1.807) is 19.2 Å². The molecule has 0 amide bonds. The monoisotopic (exact) mass is 294 g/mol. The first-order valence-corrected chi connectivity index (χ1v) is 7.88. The predicted octanol–water partition coefficient (Wildman–Crippen LogP) is 1.45. The molecule has 0 spiro atoms. The van der Waals surface area contributed by atoms with E-state index >= 15 is 0 Å². The molecule has 20 heavy (non-hydrogen) atoms. The number of fused-ring (bicyclic) bond motifs is 1. The summed E-state index contributed by atoms with van der Waals surface area (Å²) in [5, 5.41) is 9.75. The molecule has 6 heteroatoms. The maximum absolute atomic E-state index is 12.3. The zero-order valence-electron chi connectivity index (χ0n) is 11.5. The molecule has 0 bridgehead atoms. The number of hydrogen-bond donors (Lipinski definition) is 2. The summed E-state index contributed by atoms with van der Waals surface area (Å²) in [5.74, 6) is -0.130. The van der Waals surface area contributed by atoms with Crippen molar-refractivity contribution >= 4 is 20.9 Å². The van der Waals surface area contributed by atoms with Crippen LogP contribution >= 0.6 is 0 Å². The van der Waals surface area contributed by atoms with Crippen LogP contribution < -0.4 is 4.72 Å². The zero-order valence-corrected chi connectivity index (χ0v) is 12.3. The lowest BCUT2D eigenvalue weighted by Gasteiger charge is -2.12. The maximum atomic E-state index is 12.3. The van der Waals surface area contributed by atoms with E-state index in [1.807, 2.05) is 19.1 Å². The standard InChI is InChI=1S/C14H18N2O3S/c1-10-6-12-4-3-5-13(14(12)15-7-10)20(18,19)16-8-11(2)9-17/h3-7,11,16-17H,8-9H2,1-2H3. The van der Waals surface area contributed by atoms with Crippen molar-refractivity contribution in [2.75, 3.05) is 13.2 Å². The third-order valence-corrected chi connectivity index (χ3v) is 4.49. The lowest BCUT2D eigenvalue weighted by atomic mass is 10.2. The van der Waals surface area contributed by atoms with E-state index in [0.717, 1.165) is 10.9 Å². The minimum atomic E-state index is -3.63. The Bertz CT molecular complexity index is 713. The molecule has 2 N–H and O–H groups in total. The maximum Gasteiger partial charge on any atom is 0.242 e. The van der Waals surface area contributed by atoms with Gasteiger partial charge in [-0.15, -0.1) is 0 Å². The molecule has 0 fully saturated rings. The smallest absolute Gasteiger partial charge is 0.242 e. The normalized spacial score (nSPS) is 13.6. The van der Waals surface area contributed by atoms with Gasteiger partial charge in [0, 0.05) is 24.7 Å². The number of aliphatic hydroxyl groups is 1. The van der Waals surface area contributed by atoms with Gasteiger partial charge < -0.3 is 5.11 Å². The van der Waals surface area contributed by atoms with Gasteiger partial charge in [-0.1, -0.05) is 19.1 Å². The first-order chi connectivity index (χ1) is 9.44. The van der Waals surface area contributed by atoms with Gasteiger partial charge in [-0.2, -0.15) is 0 Å². The summed E-state index contributed by atoms with van der Waals surface area (Å²) in [5.41, 5.74) is 1.44. The van der Waals surface area contributed by atoms with Crippen molar-refractivity contribution in [1.29, 1.82) is 0 Å². The van der Waals surface area contributed by atoms with Crippen molar-refractivity contribution in [3.8, 4) is 0 Å². The number of aromatic nitrogens is 1. The van der Waals surface area contributed by atoms with Crippen LogP contribution in [0, 0.1) is 12.8 Å². The van der Waals surface area contributed by atoms with Crippen LogP contribution in [0.5, 0.6) is 0 Å². The van der Waals surface area contributed by atoms with Gasteiger partial charge in [0.2, 0.25) is 10.0 Å². The molecule has 1 aromatic carbocycles. The number of sulfonamides is 1. The number of rotatable bonds is 5. The SMILES string of the molecule is Cc1cnc2c(S(=O)(=O)NCC(C)CO)cccc2c1. The molecule has 0 aliphatic carbocycles. The Morgan fingerprint density at radius 3 is 2.85 bits per heavy atom. The van der Waals surface area contributed by atoms with Crippen molar-refractivity contribution in [2.24, 2.45) is 5.92 Å². The Morgan fingerprint density at radius 2 is 2.15 bits per heavy atom. The molecule has 0 saturated carbocycles. The highest BCUT2D eigenvalue weighted by molar-refractivity contribution is 7.89. The Labute approximate surface area is 118 Å². The number of pyridine rings is 1. The molecule has 1 aromatic heterocycles. The summed E-state index contributed by atoms with van der Waals surface area (Å²) in [6.07, 6.45) is 1.65. The lowest BCUT2D eigenvalue weighted by molar-refractivity contribution is 0.238. The Balaban J connectivity index is 2.41. The first-order valence-electron chi connectivity index (χ1n) is 6.40. The molecular formula is C14H18N2O3S. The van der Waals surface area contributed by atoms with E-state index in [-0.39, 0.29) is 24.0 Å². The summed E-state index contributed by atoms with van der Waals surface area (Å²) >= 11 is 0. The fourth-order valence-corrected chi connectivity index (χ4v) is 3.20. The molecule has 2 rings (SSSR count). The summed E-state index contributed by atoms with van der Waals surface area (Å²) in [4.78, 5) is 4.39. The number of aryl methyl sites for hydroxylation is 1. The molecule has 1 atom stereocenters. The summed E-state index contributed by atoms with van der Waals surface area (Å²) in [6.45, 7) is 3.82. The number of nitrogens with zero attached hydrogens (tertiary/aromatic N) is 1. The van der Waals surface area contributed by atoms with Crippen LogP contribution in [-0.2, 0) is 10.0 Å². The largest absolute Gasteiger partial charge is 0.396 e. The molecule has 0 saturated heterocycles. The second-order valence-corrected chi connectivity index (χ2v) is 6.72. The van der Waals surface area contributed by atoms with Gasteiger partial charge in [0.05, 0.1) is 5.52 Å². The minimum Gasteiger partial charge on any atom is -0.396 e. The lowest BCUT2D eigenvalue weighted by Crippen LogP contribution is -2.29. The van der Waals surface area contributed by atoms with E-state index in [0.29, 0.717) is 5.52 Å². The molecule has 0 radical (unpaired) electrons. The summed E-state index contributed by atoms with van der Waals surface area (Å²) < 4.78 is 27.1. The molecular weight excluding hydrogens is 276 g/mol. The van der Waals surface area contributed by atoms with Gasteiger partial charge in [0.25, 0.3) is 0 Å². The quantitative estimate of drug-likeness (QED) is 0.875. The number of hydrogen-bond acceptors (Lipinski definition) is 4. The first kappa shape index (κ1) is 14.9. The van der Waals surface area contributed by atoms with Crippen LogP contribution in [0.2, 0.25) is 0 Å². The molecule has 1 unspecified atom stereocenters. The predicted molar refractivity (Wildman–Crippen MR) is 77.9 cm³/mol.